The number of benzene rings is 1. The lowest BCUT2D eigenvalue weighted by molar-refractivity contribution is 0.0518. The van der Waals surface area contributed by atoms with Crippen LogP contribution in [0.4, 0.5) is 0 Å². The third kappa shape index (κ3) is 5.33. The minimum absolute atomic E-state index is 0.0729. The Hall–Kier alpha value is -2.25. The average molecular weight is 506 g/mol. The minimum Gasteiger partial charge on any atom is -0.461 e. The van der Waals surface area contributed by atoms with Crippen LogP contribution in [-0.2, 0) is 11.2 Å². The summed E-state index contributed by atoms with van der Waals surface area (Å²) in [4.78, 5) is 26.4. The van der Waals surface area contributed by atoms with Gasteiger partial charge < -0.3 is 9.30 Å². The highest BCUT2D eigenvalue weighted by Gasteiger charge is 2.31. The van der Waals surface area contributed by atoms with Crippen molar-refractivity contribution < 1.29 is 9.53 Å². The topological polar surface area (TPSA) is 69.9 Å². The van der Waals surface area contributed by atoms with Crippen molar-refractivity contribution >= 4 is 33.5 Å². The summed E-state index contributed by atoms with van der Waals surface area (Å²) < 4.78 is 7.95. The lowest BCUT2D eigenvalue weighted by atomic mass is 9.89. The highest BCUT2D eigenvalue weighted by molar-refractivity contribution is 9.10. The Morgan fingerprint density at radius 1 is 1.16 bits per heavy atom. The molecule has 1 unspecified atom stereocenters. The summed E-state index contributed by atoms with van der Waals surface area (Å²) in [5.74, 6) is 0.0900. The quantitative estimate of drug-likeness (QED) is 0.377. The molecule has 1 aromatic carbocycles. The van der Waals surface area contributed by atoms with Crippen LogP contribution in [0.2, 0.25) is 5.02 Å². The van der Waals surface area contributed by atoms with Crippen LogP contribution in [0, 0.1) is 13.8 Å². The third-order valence-electron chi connectivity index (χ3n) is 4.92. The van der Waals surface area contributed by atoms with Crippen molar-refractivity contribution in [1.29, 1.82) is 0 Å². The maximum atomic E-state index is 12.8. The monoisotopic (exact) mass is 504 g/mol. The van der Waals surface area contributed by atoms with Gasteiger partial charge in [-0.15, -0.1) is 0 Å². The minimum atomic E-state index is -0.438. The molecule has 0 amide bonds. The molecule has 31 heavy (non-hydrogen) atoms. The Kier molecular flexibility index (Phi) is 7.49. The molecule has 0 aliphatic carbocycles. The van der Waals surface area contributed by atoms with Gasteiger partial charge in [0.25, 0.3) is 0 Å². The molecule has 0 bridgehead atoms. The largest absolute Gasteiger partial charge is 0.461 e. The van der Waals surface area contributed by atoms with Crippen molar-refractivity contribution in [3.63, 3.8) is 0 Å². The second-order valence-electron chi connectivity index (χ2n) is 7.66. The number of carbonyl (C=O) groups is 1. The zero-order valence-corrected chi connectivity index (χ0v) is 20.7. The third-order valence-corrected chi connectivity index (χ3v) is 5.74. The lowest BCUT2D eigenvalue weighted by Crippen LogP contribution is -2.19. The Balaban J connectivity index is 2.23. The van der Waals surface area contributed by atoms with Crippen LogP contribution < -0.4 is 0 Å². The van der Waals surface area contributed by atoms with Crippen molar-refractivity contribution in [2.45, 2.75) is 53.0 Å². The number of esters is 1. The number of aryl methyl sites for hydroxylation is 2. The lowest BCUT2D eigenvalue weighted by Gasteiger charge is -2.23. The number of carbonyl (C=O) groups excluding carboxylic acids is 1. The van der Waals surface area contributed by atoms with Crippen LogP contribution in [0.3, 0.4) is 0 Å². The summed E-state index contributed by atoms with van der Waals surface area (Å²) in [6, 6.07) is 9.72. The van der Waals surface area contributed by atoms with Crippen molar-refractivity contribution in [1.82, 2.24) is 19.5 Å². The Bertz CT molecular complexity index is 1060. The molecule has 0 saturated carbocycles. The van der Waals surface area contributed by atoms with E-state index in [-0.39, 0.29) is 18.6 Å². The van der Waals surface area contributed by atoms with E-state index in [1.54, 1.807) is 6.92 Å². The first-order valence-electron chi connectivity index (χ1n) is 10.2. The van der Waals surface area contributed by atoms with Gasteiger partial charge in [0.2, 0.25) is 0 Å². The molecule has 2 heterocycles. The molecule has 6 nitrogen and oxygen atoms in total. The maximum absolute atomic E-state index is 12.8. The van der Waals surface area contributed by atoms with Crippen molar-refractivity contribution in [3.8, 4) is 0 Å². The summed E-state index contributed by atoms with van der Waals surface area (Å²) in [5, 5.41) is 0.653. The van der Waals surface area contributed by atoms with Gasteiger partial charge in [0.05, 0.1) is 12.3 Å². The van der Waals surface area contributed by atoms with Gasteiger partial charge in [-0.3, -0.25) is 0 Å². The summed E-state index contributed by atoms with van der Waals surface area (Å²) in [5.41, 5.74) is 3.91. The van der Waals surface area contributed by atoms with Gasteiger partial charge in [-0.1, -0.05) is 23.7 Å². The molecule has 3 aromatic rings. The molecular formula is C23H26BrClN4O2. The predicted molar refractivity (Wildman–Crippen MR) is 125 cm³/mol. The van der Waals surface area contributed by atoms with Crippen LogP contribution in [0.5, 0.6) is 0 Å². The summed E-state index contributed by atoms with van der Waals surface area (Å²) in [6.07, 6.45) is 0.573. The number of halogens is 2. The van der Waals surface area contributed by atoms with Gasteiger partial charge in [0.1, 0.15) is 5.82 Å². The molecule has 0 aliphatic heterocycles. The average Bonchev–Trinajstić information content (AvgIpc) is 3.03. The van der Waals surface area contributed by atoms with Gasteiger partial charge in [-0.25, -0.2) is 19.7 Å². The Morgan fingerprint density at radius 3 is 2.42 bits per heavy atom. The molecule has 0 spiro atoms. The molecule has 2 aromatic heterocycles. The number of rotatable bonds is 7. The fourth-order valence-corrected chi connectivity index (χ4v) is 4.67. The van der Waals surface area contributed by atoms with E-state index in [1.807, 2.05) is 48.7 Å². The molecule has 164 valence electrons. The van der Waals surface area contributed by atoms with E-state index in [1.165, 1.54) is 0 Å². The highest BCUT2D eigenvalue weighted by Crippen LogP contribution is 2.35. The first-order valence-corrected chi connectivity index (χ1v) is 11.4. The predicted octanol–water partition coefficient (Wildman–Crippen LogP) is 5.84. The van der Waals surface area contributed by atoms with E-state index in [9.17, 15) is 4.79 Å². The van der Waals surface area contributed by atoms with Gasteiger partial charge in [0, 0.05) is 34.8 Å². The number of nitrogens with zero attached hydrogens (tertiary/aromatic N) is 4. The van der Waals surface area contributed by atoms with Crippen molar-refractivity contribution in [2.24, 2.45) is 0 Å². The van der Waals surface area contributed by atoms with Crippen LogP contribution in [-0.4, -0.2) is 32.1 Å². The zero-order valence-electron chi connectivity index (χ0n) is 18.3. The first kappa shape index (κ1) is 23.4. The summed E-state index contributed by atoms with van der Waals surface area (Å²) in [6.45, 7) is 10.0. The standard InChI is InChI=1S/C23H26BrClN4O2/c1-6-31-22(30)20-21(29(13(2)3)23(24)28-20)19(16-7-9-17(25)10-8-16)12-18-11-14(4)26-15(5)27-18/h7-11,13,19H,6,12H2,1-5H3. The van der Waals surface area contributed by atoms with E-state index in [0.717, 1.165) is 22.6 Å². The van der Waals surface area contributed by atoms with Gasteiger partial charge in [-0.2, -0.15) is 0 Å². The number of imidazole rings is 1. The van der Waals surface area contributed by atoms with E-state index in [0.29, 0.717) is 27.7 Å². The normalized spacial score (nSPS) is 12.3. The number of hydrogen-bond acceptors (Lipinski definition) is 5. The number of aromatic nitrogens is 4. The van der Waals surface area contributed by atoms with Crippen LogP contribution >= 0.6 is 27.5 Å². The number of hydrogen-bond donors (Lipinski definition) is 0. The van der Waals surface area contributed by atoms with Gasteiger partial charge in [0.15, 0.2) is 10.4 Å². The fourth-order valence-electron chi connectivity index (χ4n) is 3.77. The first-order chi connectivity index (χ1) is 14.7. The van der Waals surface area contributed by atoms with E-state index >= 15 is 0 Å². The SMILES string of the molecule is CCOC(=O)c1nc(Br)n(C(C)C)c1C(Cc1cc(C)nc(C)n1)c1ccc(Cl)cc1. The summed E-state index contributed by atoms with van der Waals surface area (Å²) >= 11 is 9.70. The Morgan fingerprint density at radius 2 is 1.84 bits per heavy atom. The van der Waals surface area contributed by atoms with Crippen molar-refractivity contribution in [3.05, 3.63) is 74.3 Å². The Labute approximate surface area is 196 Å². The maximum Gasteiger partial charge on any atom is 0.358 e. The molecule has 0 radical (unpaired) electrons. The summed E-state index contributed by atoms with van der Waals surface area (Å²) in [7, 11) is 0. The smallest absolute Gasteiger partial charge is 0.358 e. The van der Waals surface area contributed by atoms with Crippen LogP contribution in [0.1, 0.15) is 71.7 Å². The second kappa shape index (κ2) is 9.92. The van der Waals surface area contributed by atoms with Gasteiger partial charge >= 0.3 is 5.97 Å². The molecule has 3 rings (SSSR count). The van der Waals surface area contributed by atoms with E-state index in [4.69, 9.17) is 16.3 Å². The molecule has 0 N–H and O–H groups in total. The van der Waals surface area contributed by atoms with Crippen LogP contribution in [0.25, 0.3) is 0 Å². The van der Waals surface area contributed by atoms with E-state index in [2.05, 4.69) is 44.7 Å². The molecular weight excluding hydrogens is 480 g/mol. The fraction of sp³-hybridized carbons (Fsp3) is 0.391. The van der Waals surface area contributed by atoms with Crippen molar-refractivity contribution in [2.75, 3.05) is 6.61 Å². The molecule has 0 fully saturated rings. The second-order valence-corrected chi connectivity index (χ2v) is 8.80. The van der Waals surface area contributed by atoms with E-state index < -0.39 is 5.97 Å². The molecule has 0 saturated heterocycles. The highest BCUT2D eigenvalue weighted by atomic mass is 79.9. The zero-order chi connectivity index (χ0) is 22.7. The molecule has 0 aliphatic rings. The molecule has 8 heteroatoms. The molecule has 1 atom stereocenters. The van der Waals surface area contributed by atoms with Crippen LogP contribution in [0.15, 0.2) is 35.1 Å². The van der Waals surface area contributed by atoms with Gasteiger partial charge in [-0.05, 0) is 74.3 Å². The number of ether oxygens (including phenoxy) is 1.